The minimum absolute atomic E-state index is 0.213. The summed E-state index contributed by atoms with van der Waals surface area (Å²) in [5.41, 5.74) is 2.12. The lowest BCUT2D eigenvalue weighted by Gasteiger charge is -2.24. The average molecular weight is 525 g/mol. The Morgan fingerprint density at radius 1 is 1.17 bits per heavy atom. The summed E-state index contributed by atoms with van der Waals surface area (Å²) >= 11 is 2.85. The first-order valence-electron chi connectivity index (χ1n) is 11.1. The lowest BCUT2D eigenvalue weighted by atomic mass is 9.96. The molecule has 1 N–H and O–H groups in total. The normalized spacial score (nSPS) is 15.3. The van der Waals surface area contributed by atoms with Crippen LogP contribution in [0.15, 0.2) is 74.5 Å². The van der Waals surface area contributed by atoms with E-state index in [0.29, 0.717) is 26.4 Å². The summed E-state index contributed by atoms with van der Waals surface area (Å²) in [4.78, 5) is 43.4. The summed E-state index contributed by atoms with van der Waals surface area (Å²) in [6, 6.07) is 13.9. The zero-order chi connectivity index (χ0) is 25.8. The second-order valence-corrected chi connectivity index (χ2v) is 9.72. The van der Waals surface area contributed by atoms with Gasteiger partial charge in [0.05, 0.1) is 28.5 Å². The maximum atomic E-state index is 13.6. The Kier molecular flexibility index (Phi) is 7.76. The van der Waals surface area contributed by atoms with Crippen molar-refractivity contribution < 1.29 is 24.2 Å². The molecular weight excluding hydrogens is 500 g/mol. The van der Waals surface area contributed by atoms with E-state index in [-0.39, 0.29) is 12.2 Å². The van der Waals surface area contributed by atoms with Crippen LogP contribution in [0.4, 0.5) is 0 Å². The first-order valence-corrected chi connectivity index (χ1v) is 13.1. The maximum absolute atomic E-state index is 13.6. The minimum atomic E-state index is -1.06. The first kappa shape index (κ1) is 25.5. The molecule has 36 heavy (non-hydrogen) atoms. The molecule has 0 amide bonds. The van der Waals surface area contributed by atoms with Crippen molar-refractivity contribution in [2.45, 2.75) is 24.8 Å². The number of carboxylic acids is 1. The van der Waals surface area contributed by atoms with E-state index in [0.717, 1.165) is 16.0 Å². The quantitative estimate of drug-likeness (QED) is 0.357. The highest BCUT2D eigenvalue weighted by Gasteiger charge is 2.33. The van der Waals surface area contributed by atoms with Crippen molar-refractivity contribution in [3.8, 4) is 5.75 Å². The number of fused-ring (bicyclic) bond motifs is 1. The molecule has 8 nitrogen and oxygen atoms in total. The van der Waals surface area contributed by atoms with Gasteiger partial charge in [-0.25, -0.2) is 14.6 Å². The third-order valence-corrected chi connectivity index (χ3v) is 7.22. The molecule has 4 rings (SSSR count). The fourth-order valence-electron chi connectivity index (χ4n) is 3.85. The number of benzene rings is 2. The molecule has 0 saturated heterocycles. The number of carboxylic acid groups (broad SMARTS) is 1. The van der Waals surface area contributed by atoms with Crippen LogP contribution in [0.25, 0.3) is 6.08 Å². The van der Waals surface area contributed by atoms with Gasteiger partial charge >= 0.3 is 11.9 Å². The maximum Gasteiger partial charge on any atom is 0.341 e. The molecule has 0 radical (unpaired) electrons. The lowest BCUT2D eigenvalue weighted by Crippen LogP contribution is -2.39. The molecule has 1 atom stereocenters. The van der Waals surface area contributed by atoms with Gasteiger partial charge in [0.25, 0.3) is 5.56 Å². The van der Waals surface area contributed by atoms with Gasteiger partial charge in [-0.2, -0.15) is 0 Å². The number of allylic oxidation sites excluding steroid dienone is 1. The number of thioether (sulfide) groups is 1. The Bertz CT molecular complexity index is 1500. The van der Waals surface area contributed by atoms with Crippen molar-refractivity contribution in [2.24, 2.45) is 4.99 Å². The fourth-order valence-corrected chi connectivity index (χ4v) is 5.30. The highest BCUT2D eigenvalue weighted by atomic mass is 32.2. The van der Waals surface area contributed by atoms with E-state index >= 15 is 0 Å². The molecular formula is C26H24N2O6S2. The molecule has 0 saturated carbocycles. The summed E-state index contributed by atoms with van der Waals surface area (Å²) in [5.74, 6) is -1.14. The minimum Gasteiger partial charge on any atom is -0.482 e. The third kappa shape index (κ3) is 5.29. The molecule has 0 spiro atoms. The van der Waals surface area contributed by atoms with E-state index in [9.17, 15) is 14.4 Å². The van der Waals surface area contributed by atoms with Crippen LogP contribution in [-0.4, -0.2) is 41.1 Å². The lowest BCUT2D eigenvalue weighted by molar-refractivity contribution is -0.140. The van der Waals surface area contributed by atoms with E-state index in [1.807, 2.05) is 30.5 Å². The van der Waals surface area contributed by atoms with Crippen molar-refractivity contribution in [3.63, 3.8) is 0 Å². The van der Waals surface area contributed by atoms with Gasteiger partial charge in [-0.05, 0) is 61.6 Å². The Labute approximate surface area is 215 Å². The summed E-state index contributed by atoms with van der Waals surface area (Å²) < 4.78 is 12.5. The standard InChI is InChI=1S/C26H24N2O6S2/c1-4-33-25(32)22-15(2)27-26-28(23(22)17-7-11-19(35-3)12-8-17)24(31)20(36-26)13-16-5-9-18(10-6-16)34-14-21(29)30/h5-13,23H,4,14H2,1-3H3,(H,29,30)/b20-13-/t23-/m1/s1. The Balaban J connectivity index is 1.81. The number of carbonyl (C=O) groups excluding carboxylic acids is 1. The van der Waals surface area contributed by atoms with Gasteiger partial charge in [-0.1, -0.05) is 35.6 Å². The number of thiazole rings is 1. The van der Waals surface area contributed by atoms with Crippen LogP contribution in [0.5, 0.6) is 5.75 Å². The highest BCUT2D eigenvalue weighted by molar-refractivity contribution is 7.98. The molecule has 0 bridgehead atoms. The summed E-state index contributed by atoms with van der Waals surface area (Å²) in [6.07, 6.45) is 3.72. The number of hydrogen-bond acceptors (Lipinski definition) is 8. The molecule has 2 aromatic carbocycles. The van der Waals surface area contributed by atoms with Crippen LogP contribution in [0, 0.1) is 0 Å². The average Bonchev–Trinajstić information content (AvgIpc) is 3.17. The van der Waals surface area contributed by atoms with Crippen molar-refractivity contribution >= 4 is 41.1 Å². The summed E-state index contributed by atoms with van der Waals surface area (Å²) in [5, 5.41) is 8.76. The van der Waals surface area contributed by atoms with Crippen LogP contribution in [0.1, 0.15) is 31.0 Å². The van der Waals surface area contributed by atoms with Crippen LogP contribution in [-0.2, 0) is 14.3 Å². The Hall–Kier alpha value is -3.63. The number of carbonyl (C=O) groups is 2. The van der Waals surface area contributed by atoms with Crippen LogP contribution in [0.2, 0.25) is 0 Å². The van der Waals surface area contributed by atoms with Gasteiger partial charge in [0, 0.05) is 4.90 Å². The molecule has 1 aliphatic rings. The second-order valence-electron chi connectivity index (χ2n) is 7.83. The Morgan fingerprint density at radius 3 is 2.47 bits per heavy atom. The van der Waals surface area contributed by atoms with Gasteiger partial charge in [-0.15, -0.1) is 11.8 Å². The van der Waals surface area contributed by atoms with Crippen LogP contribution in [0.3, 0.4) is 0 Å². The summed E-state index contributed by atoms with van der Waals surface area (Å²) in [7, 11) is 0. The van der Waals surface area contributed by atoms with Crippen LogP contribution < -0.4 is 19.6 Å². The predicted molar refractivity (Wildman–Crippen MR) is 138 cm³/mol. The topological polar surface area (TPSA) is 107 Å². The SMILES string of the molecule is CCOC(=O)C1=C(C)N=c2s/c(=C\c3ccc(OCC(=O)O)cc3)c(=O)n2[C@@H]1c1ccc(SC)cc1. The zero-order valence-electron chi connectivity index (χ0n) is 19.9. The first-order chi connectivity index (χ1) is 17.3. The van der Waals surface area contributed by atoms with Gasteiger partial charge in [-0.3, -0.25) is 9.36 Å². The smallest absolute Gasteiger partial charge is 0.341 e. The second kappa shape index (κ2) is 11.0. The van der Waals surface area contributed by atoms with Crippen LogP contribution >= 0.6 is 23.1 Å². The molecule has 0 unspecified atom stereocenters. The molecule has 3 aromatic rings. The van der Waals surface area contributed by atoms with E-state index in [2.05, 4.69) is 4.99 Å². The van der Waals surface area contributed by atoms with Crippen molar-refractivity contribution in [2.75, 3.05) is 19.5 Å². The molecule has 2 heterocycles. The van der Waals surface area contributed by atoms with E-state index < -0.39 is 24.6 Å². The number of nitrogens with zero attached hydrogens (tertiary/aromatic N) is 2. The summed E-state index contributed by atoms with van der Waals surface area (Å²) in [6.45, 7) is 3.27. The number of hydrogen-bond donors (Lipinski definition) is 1. The molecule has 10 heteroatoms. The van der Waals surface area contributed by atoms with Gasteiger partial charge in [0.15, 0.2) is 11.4 Å². The number of aliphatic carboxylic acids is 1. The molecule has 186 valence electrons. The predicted octanol–water partition coefficient (Wildman–Crippen LogP) is 2.98. The fraction of sp³-hybridized carbons (Fsp3) is 0.231. The zero-order valence-corrected chi connectivity index (χ0v) is 21.5. The number of rotatable bonds is 8. The largest absolute Gasteiger partial charge is 0.482 e. The van der Waals surface area contributed by atoms with E-state index in [1.165, 1.54) is 11.3 Å². The van der Waals surface area contributed by atoms with Gasteiger partial charge in [0.1, 0.15) is 5.75 Å². The van der Waals surface area contributed by atoms with E-state index in [1.54, 1.807) is 60.5 Å². The Morgan fingerprint density at radius 2 is 1.86 bits per heavy atom. The molecule has 1 aliphatic heterocycles. The number of esters is 1. The molecule has 0 aliphatic carbocycles. The van der Waals surface area contributed by atoms with Crippen molar-refractivity contribution in [1.82, 2.24) is 4.57 Å². The number of aromatic nitrogens is 1. The van der Waals surface area contributed by atoms with Gasteiger partial charge < -0.3 is 14.6 Å². The monoisotopic (exact) mass is 524 g/mol. The van der Waals surface area contributed by atoms with Gasteiger partial charge in [0.2, 0.25) is 0 Å². The molecule has 0 fully saturated rings. The number of ether oxygens (including phenoxy) is 2. The van der Waals surface area contributed by atoms with E-state index in [4.69, 9.17) is 14.6 Å². The third-order valence-electron chi connectivity index (χ3n) is 5.49. The van der Waals surface area contributed by atoms with Crippen molar-refractivity contribution in [3.05, 3.63) is 90.6 Å². The highest BCUT2D eigenvalue weighted by Crippen LogP contribution is 2.31. The molecule has 1 aromatic heterocycles. The van der Waals surface area contributed by atoms with Crippen molar-refractivity contribution in [1.29, 1.82) is 0 Å².